The normalized spacial score (nSPS) is 13.6. The number of benzene rings is 1. The Hall–Kier alpha value is -2.26. The average Bonchev–Trinajstić information content (AvgIpc) is 2.96. The molecule has 110 valence electrons. The van der Waals surface area contributed by atoms with Gasteiger partial charge in [-0.25, -0.2) is 13.8 Å². The molecule has 0 aliphatic rings. The molecule has 0 radical (unpaired) electrons. The van der Waals surface area contributed by atoms with Crippen molar-refractivity contribution in [3.8, 4) is 12.3 Å². The maximum absolute atomic E-state index is 14.0. The van der Waals surface area contributed by atoms with E-state index in [4.69, 9.17) is 11.2 Å². The van der Waals surface area contributed by atoms with Gasteiger partial charge in [-0.1, -0.05) is 12.0 Å². The molecule has 0 unspecified atom stereocenters. The predicted octanol–water partition coefficient (Wildman–Crippen LogP) is 2.38. The van der Waals surface area contributed by atoms with Gasteiger partial charge in [0.25, 0.3) is 0 Å². The van der Waals surface area contributed by atoms with Gasteiger partial charge in [-0.05, 0) is 18.6 Å². The van der Waals surface area contributed by atoms with Gasteiger partial charge >= 0.3 is 0 Å². The standard InChI is InChI=1S/C15H15F2N3O/c1-3-6-21-11(2)14(8-20-10-18-9-19-20)13-5-4-12(16)7-15(13)17/h1,4-5,7,9-11,14H,6,8H2,2H3/t11-,14-/m1/s1. The van der Waals surface area contributed by atoms with Crippen LogP contribution in [0.5, 0.6) is 0 Å². The van der Waals surface area contributed by atoms with E-state index in [1.165, 1.54) is 24.8 Å². The first-order valence-electron chi connectivity index (χ1n) is 6.44. The zero-order valence-corrected chi connectivity index (χ0v) is 11.5. The van der Waals surface area contributed by atoms with E-state index in [1.807, 2.05) is 0 Å². The summed E-state index contributed by atoms with van der Waals surface area (Å²) in [5, 5.41) is 4.00. The topological polar surface area (TPSA) is 39.9 Å². The van der Waals surface area contributed by atoms with Gasteiger partial charge in [0.1, 0.15) is 30.9 Å². The van der Waals surface area contributed by atoms with E-state index < -0.39 is 11.6 Å². The second-order valence-corrected chi connectivity index (χ2v) is 4.61. The highest BCUT2D eigenvalue weighted by molar-refractivity contribution is 5.23. The van der Waals surface area contributed by atoms with E-state index >= 15 is 0 Å². The van der Waals surface area contributed by atoms with E-state index in [1.54, 1.807) is 11.6 Å². The summed E-state index contributed by atoms with van der Waals surface area (Å²) < 4.78 is 34.2. The fourth-order valence-electron chi connectivity index (χ4n) is 2.13. The minimum Gasteiger partial charge on any atom is -0.365 e. The van der Waals surface area contributed by atoms with Crippen LogP contribution in [0.1, 0.15) is 18.4 Å². The maximum Gasteiger partial charge on any atom is 0.137 e. The van der Waals surface area contributed by atoms with Gasteiger partial charge in [0.05, 0.1) is 12.6 Å². The Kier molecular flexibility index (Phi) is 5.01. The number of halogens is 2. The van der Waals surface area contributed by atoms with Crippen LogP contribution in [0.3, 0.4) is 0 Å². The summed E-state index contributed by atoms with van der Waals surface area (Å²) in [6.07, 6.45) is 7.74. The van der Waals surface area contributed by atoms with E-state index in [2.05, 4.69) is 16.0 Å². The number of rotatable bonds is 6. The molecule has 1 aromatic carbocycles. The fourth-order valence-corrected chi connectivity index (χ4v) is 2.13. The largest absolute Gasteiger partial charge is 0.365 e. The Morgan fingerprint density at radius 1 is 1.43 bits per heavy atom. The molecule has 0 saturated heterocycles. The highest BCUT2D eigenvalue weighted by Gasteiger charge is 2.24. The Morgan fingerprint density at radius 2 is 2.24 bits per heavy atom. The SMILES string of the molecule is C#CCO[C@H](C)[C@@H](Cn1cncn1)c1ccc(F)cc1F. The molecular weight excluding hydrogens is 276 g/mol. The van der Waals surface area contributed by atoms with Gasteiger partial charge in [-0.3, -0.25) is 4.68 Å². The molecule has 4 nitrogen and oxygen atoms in total. The zero-order chi connectivity index (χ0) is 15.2. The molecule has 21 heavy (non-hydrogen) atoms. The van der Waals surface area contributed by atoms with Crippen molar-refractivity contribution in [2.24, 2.45) is 0 Å². The van der Waals surface area contributed by atoms with E-state index in [0.717, 1.165) is 6.07 Å². The minimum absolute atomic E-state index is 0.123. The smallest absolute Gasteiger partial charge is 0.137 e. The number of terminal acetylenes is 1. The molecule has 2 rings (SSSR count). The fraction of sp³-hybridized carbons (Fsp3) is 0.333. The maximum atomic E-state index is 14.0. The van der Waals surface area contributed by atoms with Crippen molar-refractivity contribution in [3.05, 3.63) is 48.1 Å². The molecule has 0 N–H and O–H groups in total. The molecule has 6 heteroatoms. The van der Waals surface area contributed by atoms with Gasteiger partial charge in [0, 0.05) is 12.0 Å². The Bertz CT molecular complexity index is 622. The summed E-state index contributed by atoms with van der Waals surface area (Å²) in [5.41, 5.74) is 0.358. The molecule has 1 heterocycles. The van der Waals surface area contributed by atoms with Gasteiger partial charge < -0.3 is 4.74 Å². The summed E-state index contributed by atoms with van der Waals surface area (Å²) in [7, 11) is 0. The third-order valence-electron chi connectivity index (χ3n) is 3.21. The highest BCUT2D eigenvalue weighted by Crippen LogP contribution is 2.26. The second-order valence-electron chi connectivity index (χ2n) is 4.61. The second kappa shape index (κ2) is 6.95. The summed E-state index contributed by atoms with van der Waals surface area (Å²) in [6, 6.07) is 3.50. The van der Waals surface area contributed by atoms with Crippen LogP contribution >= 0.6 is 0 Å². The molecule has 0 fully saturated rings. The molecule has 2 atom stereocenters. The Balaban J connectivity index is 2.28. The molecule has 0 aliphatic heterocycles. The number of ether oxygens (including phenoxy) is 1. The van der Waals surface area contributed by atoms with Crippen LogP contribution in [0.4, 0.5) is 8.78 Å². The Labute approximate surface area is 121 Å². The van der Waals surface area contributed by atoms with Crippen LogP contribution < -0.4 is 0 Å². The lowest BCUT2D eigenvalue weighted by atomic mass is 9.93. The monoisotopic (exact) mass is 291 g/mol. The van der Waals surface area contributed by atoms with Gasteiger partial charge in [-0.15, -0.1) is 6.42 Å². The molecule has 0 bridgehead atoms. The van der Waals surface area contributed by atoms with Crippen molar-refractivity contribution in [1.82, 2.24) is 14.8 Å². The molecular formula is C15H15F2N3O. The third kappa shape index (κ3) is 3.86. The molecule has 0 saturated carbocycles. The molecule has 0 amide bonds. The molecule has 0 spiro atoms. The summed E-state index contributed by atoms with van der Waals surface area (Å²) in [5.74, 6) is 0.784. The number of hydrogen-bond acceptors (Lipinski definition) is 3. The highest BCUT2D eigenvalue weighted by atomic mass is 19.1. The number of hydrogen-bond donors (Lipinski definition) is 0. The van der Waals surface area contributed by atoms with Crippen LogP contribution in [0.2, 0.25) is 0 Å². The first kappa shape index (κ1) is 15.1. The van der Waals surface area contributed by atoms with Crippen molar-refractivity contribution in [2.75, 3.05) is 6.61 Å². The van der Waals surface area contributed by atoms with Crippen molar-refractivity contribution in [1.29, 1.82) is 0 Å². The summed E-state index contributed by atoms with van der Waals surface area (Å²) in [6.45, 7) is 2.27. The lowest BCUT2D eigenvalue weighted by molar-refractivity contribution is 0.0634. The van der Waals surface area contributed by atoms with E-state index in [-0.39, 0.29) is 18.6 Å². The lowest BCUT2D eigenvalue weighted by Crippen LogP contribution is -2.25. The zero-order valence-electron chi connectivity index (χ0n) is 11.5. The average molecular weight is 291 g/mol. The quantitative estimate of drug-likeness (QED) is 0.767. The van der Waals surface area contributed by atoms with Crippen LogP contribution in [-0.2, 0) is 11.3 Å². The van der Waals surface area contributed by atoms with Crippen molar-refractivity contribution < 1.29 is 13.5 Å². The Morgan fingerprint density at radius 3 is 2.86 bits per heavy atom. The first-order chi connectivity index (χ1) is 10.1. The molecule has 0 aliphatic carbocycles. The van der Waals surface area contributed by atoms with Crippen molar-refractivity contribution in [3.63, 3.8) is 0 Å². The van der Waals surface area contributed by atoms with Crippen LogP contribution in [0.15, 0.2) is 30.9 Å². The van der Waals surface area contributed by atoms with Crippen LogP contribution in [0.25, 0.3) is 0 Å². The van der Waals surface area contributed by atoms with Gasteiger partial charge in [-0.2, -0.15) is 5.10 Å². The number of aromatic nitrogens is 3. The van der Waals surface area contributed by atoms with Crippen LogP contribution in [0, 0.1) is 24.0 Å². The first-order valence-corrected chi connectivity index (χ1v) is 6.44. The van der Waals surface area contributed by atoms with E-state index in [9.17, 15) is 8.78 Å². The lowest BCUT2D eigenvalue weighted by Gasteiger charge is -2.24. The van der Waals surface area contributed by atoms with Crippen LogP contribution in [-0.4, -0.2) is 27.5 Å². The van der Waals surface area contributed by atoms with Crippen molar-refractivity contribution >= 4 is 0 Å². The van der Waals surface area contributed by atoms with Gasteiger partial charge in [0.2, 0.25) is 0 Å². The molecule has 1 aromatic heterocycles. The minimum atomic E-state index is -0.618. The third-order valence-corrected chi connectivity index (χ3v) is 3.21. The van der Waals surface area contributed by atoms with E-state index in [0.29, 0.717) is 12.1 Å². The summed E-state index contributed by atoms with van der Waals surface area (Å²) >= 11 is 0. The predicted molar refractivity (Wildman–Crippen MR) is 73.4 cm³/mol. The van der Waals surface area contributed by atoms with Crippen molar-refractivity contribution in [2.45, 2.75) is 25.5 Å². The molecule has 2 aromatic rings. The summed E-state index contributed by atoms with van der Waals surface area (Å²) in [4.78, 5) is 3.85. The van der Waals surface area contributed by atoms with Gasteiger partial charge in [0.15, 0.2) is 0 Å². The number of nitrogens with zero attached hydrogens (tertiary/aromatic N) is 3.